The molecule has 25 rings (SSSR count). The second-order valence-corrected chi connectivity index (χ2v) is 24.1. The Balaban J connectivity index is 0.0000000999. The highest BCUT2D eigenvalue weighted by atomic mass is 15.0. The fraction of sp³-hybridized carbons (Fsp3) is 0. The number of imidazole rings is 9. The molecule has 115 heavy (non-hydrogen) atoms. The molecule has 30 heteroatoms. The van der Waals surface area contributed by atoms with Crippen LogP contribution in [0.5, 0.6) is 0 Å². The van der Waals surface area contributed by atoms with Gasteiger partial charge >= 0.3 is 0 Å². The molecule has 0 atom stereocenters. The van der Waals surface area contributed by atoms with Crippen LogP contribution < -0.4 is 0 Å². The van der Waals surface area contributed by atoms with Gasteiger partial charge in [-0.2, -0.15) is 0 Å². The summed E-state index contributed by atoms with van der Waals surface area (Å²) >= 11 is 0. The highest BCUT2D eigenvalue weighted by molar-refractivity contribution is 6.05. The van der Waals surface area contributed by atoms with E-state index in [9.17, 15) is 0 Å². The molecule has 6 aromatic carbocycles. The van der Waals surface area contributed by atoms with Gasteiger partial charge in [-0.25, -0.2) is 84.7 Å². The van der Waals surface area contributed by atoms with Crippen molar-refractivity contribution in [2.75, 3.05) is 0 Å². The first-order valence-corrected chi connectivity index (χ1v) is 35.6. The highest BCUT2D eigenvalue weighted by Crippen LogP contribution is 2.24. The van der Waals surface area contributed by atoms with Crippen molar-refractivity contribution >= 4 is 138 Å². The van der Waals surface area contributed by atoms with Crippen LogP contribution in [0.2, 0.25) is 0 Å². The van der Waals surface area contributed by atoms with Gasteiger partial charge in [-0.15, -0.1) is 0 Å². The Labute approximate surface area is 651 Å². The van der Waals surface area contributed by atoms with Gasteiger partial charge in [-0.1, -0.05) is 115 Å². The highest BCUT2D eigenvalue weighted by Gasteiger charge is 2.05. The molecule has 556 valence electrons. The van der Waals surface area contributed by atoms with Crippen LogP contribution in [-0.2, 0) is 0 Å². The summed E-state index contributed by atoms with van der Waals surface area (Å²) in [5.41, 5.74) is 19.3. The molecule has 0 aliphatic heterocycles. The number of nitrogens with one attached hydrogen (secondary N) is 8. The van der Waals surface area contributed by atoms with E-state index in [1.807, 2.05) is 156 Å². The quantitative estimate of drug-likeness (QED) is 0.0708. The molecule has 19 aromatic heterocycles. The zero-order valence-corrected chi connectivity index (χ0v) is 60.8. The summed E-state index contributed by atoms with van der Waals surface area (Å²) in [5.74, 6) is 0. The monoisotopic (exact) mass is 1510 g/mol. The maximum atomic E-state index is 4.35. The third kappa shape index (κ3) is 19.3. The van der Waals surface area contributed by atoms with Crippen molar-refractivity contribution in [3.05, 3.63) is 356 Å². The Morgan fingerprint density at radius 3 is 1.17 bits per heavy atom. The molecule has 8 N–H and O–H groups in total. The number of benzene rings is 6. The smallest absolute Gasteiger partial charge is 0.197 e. The molecule has 0 aliphatic carbocycles. The molecule has 0 amide bonds. The van der Waals surface area contributed by atoms with E-state index in [-0.39, 0.29) is 0 Å². The molecule has 0 bridgehead atoms. The third-order valence-corrected chi connectivity index (χ3v) is 16.8. The van der Waals surface area contributed by atoms with Crippen LogP contribution in [0.25, 0.3) is 149 Å². The molecular formula is C85H66N30. The second kappa shape index (κ2) is 37.7. The largest absolute Gasteiger partial charge is 0.345 e. The molecule has 0 spiro atoms. The number of fused-ring (bicyclic) bond motifs is 16. The number of para-hydroxylation sites is 2. The minimum atomic E-state index is 0.664. The summed E-state index contributed by atoms with van der Waals surface area (Å²) < 4.78 is 1.97. The van der Waals surface area contributed by atoms with E-state index in [4.69, 9.17) is 0 Å². The summed E-state index contributed by atoms with van der Waals surface area (Å²) in [6.07, 6.45) is 39.1. The van der Waals surface area contributed by atoms with Gasteiger partial charge in [0, 0.05) is 89.7 Å². The lowest BCUT2D eigenvalue weighted by Gasteiger charge is -2.00. The molecular weight excluding hydrogens is 1440 g/mol. The summed E-state index contributed by atoms with van der Waals surface area (Å²) in [5, 5.41) is 7.17. The lowest BCUT2D eigenvalue weighted by molar-refractivity contribution is 1.19. The predicted molar refractivity (Wildman–Crippen MR) is 446 cm³/mol. The molecule has 0 aliphatic rings. The van der Waals surface area contributed by atoms with Crippen molar-refractivity contribution in [1.29, 1.82) is 0 Å². The van der Waals surface area contributed by atoms with E-state index in [0.29, 0.717) is 16.9 Å². The normalized spacial score (nSPS) is 10.4. The minimum Gasteiger partial charge on any atom is -0.345 e. The number of hydrogen-bond acceptors (Lipinski definition) is 21. The maximum absolute atomic E-state index is 4.35. The summed E-state index contributed by atoms with van der Waals surface area (Å²) in [7, 11) is 0. The predicted octanol–water partition coefficient (Wildman–Crippen LogP) is 16.2. The van der Waals surface area contributed by atoms with Crippen molar-refractivity contribution < 1.29 is 0 Å². The van der Waals surface area contributed by atoms with Gasteiger partial charge < -0.3 is 44.3 Å². The summed E-state index contributed by atoms with van der Waals surface area (Å²) in [6, 6.07) is 70.1. The average Bonchev–Trinajstić information content (AvgIpc) is 1.62. The zero-order chi connectivity index (χ0) is 77.7. The van der Waals surface area contributed by atoms with Gasteiger partial charge in [0.15, 0.2) is 33.9 Å². The topological polar surface area (TPSA) is 401 Å². The average molecular weight is 1510 g/mol. The van der Waals surface area contributed by atoms with Crippen LogP contribution in [0.15, 0.2) is 356 Å². The van der Waals surface area contributed by atoms with Crippen LogP contribution in [0, 0.1) is 0 Å². The van der Waals surface area contributed by atoms with E-state index < -0.39 is 0 Å². The van der Waals surface area contributed by atoms with E-state index in [0.717, 1.165) is 111 Å². The van der Waals surface area contributed by atoms with Gasteiger partial charge in [-0.3, -0.25) is 19.9 Å². The van der Waals surface area contributed by atoms with Crippen molar-refractivity contribution in [3.8, 4) is 11.4 Å². The SMILES string of the molecule is c1ccc(-c2ccccn2)nc1.c1ccc2[nH]cnc2c1.c1ccc2c(c1)ccc1[nH]cnc12.c1ccc2c(c1)ccc1[nH]cnc12.c1ccn2ccnc2c1.c1cnc2[nH]cnc2n1.c1cnc2c(c1)ccc1cccnc12.c1cnc2nc[nH]c2c1.c1cnc2nc[nH]c2c1.c1ncc2[nH]cnc2n1.c1ncc2[nH]cnc2n1. The van der Waals surface area contributed by atoms with Crippen LogP contribution >= 0.6 is 0 Å². The van der Waals surface area contributed by atoms with Gasteiger partial charge in [0.2, 0.25) is 0 Å². The van der Waals surface area contributed by atoms with Crippen LogP contribution in [0.1, 0.15) is 0 Å². The van der Waals surface area contributed by atoms with Crippen molar-refractivity contribution in [1.82, 2.24) is 149 Å². The first kappa shape index (κ1) is 73.5. The molecule has 0 saturated carbocycles. The number of pyridine rings is 7. The first-order chi connectivity index (χ1) is 57.1. The molecule has 0 radical (unpaired) electrons. The van der Waals surface area contributed by atoms with Crippen LogP contribution in [-0.4, -0.2) is 149 Å². The molecule has 25 aromatic rings. The van der Waals surface area contributed by atoms with Gasteiger partial charge in [0.1, 0.15) is 29.3 Å². The zero-order valence-electron chi connectivity index (χ0n) is 60.8. The van der Waals surface area contributed by atoms with Gasteiger partial charge in [0.25, 0.3) is 0 Å². The maximum Gasteiger partial charge on any atom is 0.197 e. The van der Waals surface area contributed by atoms with Crippen LogP contribution in [0.3, 0.4) is 0 Å². The molecule has 30 nitrogen and oxygen atoms in total. The number of nitrogens with zero attached hydrogens (tertiary/aromatic N) is 22. The third-order valence-electron chi connectivity index (χ3n) is 16.8. The number of hydrogen-bond donors (Lipinski definition) is 8. The van der Waals surface area contributed by atoms with Crippen molar-refractivity contribution in [2.24, 2.45) is 0 Å². The van der Waals surface area contributed by atoms with Gasteiger partial charge in [0.05, 0.1) is 130 Å². The molecule has 19 heterocycles. The van der Waals surface area contributed by atoms with Crippen LogP contribution in [0.4, 0.5) is 0 Å². The molecule has 0 saturated heterocycles. The number of aromatic amines is 8. The molecule has 0 fully saturated rings. The van der Waals surface area contributed by atoms with Gasteiger partial charge in [-0.05, 0) is 108 Å². The number of rotatable bonds is 1. The Hall–Kier alpha value is -17.1. The lowest BCUT2D eigenvalue weighted by Crippen LogP contribution is -1.83. The lowest BCUT2D eigenvalue weighted by atomic mass is 10.1. The second-order valence-electron chi connectivity index (χ2n) is 24.1. The summed E-state index contributed by atoms with van der Waals surface area (Å²) in [4.78, 5) is 108. The van der Waals surface area contributed by atoms with E-state index in [1.165, 1.54) is 34.2 Å². The fourth-order valence-electron chi connectivity index (χ4n) is 11.4. The number of aromatic nitrogens is 30. The van der Waals surface area contributed by atoms with Crippen molar-refractivity contribution in [2.45, 2.75) is 0 Å². The van der Waals surface area contributed by atoms with E-state index in [2.05, 4.69) is 217 Å². The number of H-pyrrole nitrogens is 8. The van der Waals surface area contributed by atoms with E-state index >= 15 is 0 Å². The summed E-state index contributed by atoms with van der Waals surface area (Å²) in [6.45, 7) is 0. The fourth-order valence-corrected chi connectivity index (χ4v) is 11.4. The first-order valence-electron chi connectivity index (χ1n) is 35.6. The Bertz CT molecular complexity index is 6150. The Morgan fingerprint density at radius 2 is 0.635 bits per heavy atom. The van der Waals surface area contributed by atoms with Crippen molar-refractivity contribution in [3.63, 3.8) is 0 Å². The Kier molecular flexibility index (Phi) is 24.1. The minimum absolute atomic E-state index is 0.664. The molecule has 0 unspecified atom stereocenters. The Morgan fingerprint density at radius 1 is 0.217 bits per heavy atom. The standard InChI is InChI=1S/C12H8N2.2C11H8N2.C10H8N2.2C7H6N2.2C6H5N3.3C5H4N4/c1-3-9-5-6-10-4-2-8-14-12(10)11(9)13-7-1;2*1-2-4-9-8(3-1)5-6-10-11(9)13-7-12-10;1-3-7-11-9(5-1)10-6-2-4-8-12-10;1-2-5-9-6-4-8-7(9)3-1;1-2-4-7-6(3-1)8-5-9-7;2*1-2-5-6(7-3-1)9-4-8-5;2*1-4-5(8-2-6-1)9-3-7-4;1-2-7-5-4(6-1)8-3-9-5/h1-8H;2*1-7H,(H,12,13);1-8H;1-6H;1-5H,(H,8,9);2*1-4H,(H,7,8,9);3*1-3H,(H,6,7,8,9). The van der Waals surface area contributed by atoms with E-state index in [1.54, 1.807) is 119 Å².